The van der Waals surface area contributed by atoms with Crippen molar-refractivity contribution in [3.63, 3.8) is 0 Å². The predicted octanol–water partition coefficient (Wildman–Crippen LogP) is 4.26. The second-order valence-corrected chi connectivity index (χ2v) is 6.49. The molecule has 20 heavy (non-hydrogen) atoms. The van der Waals surface area contributed by atoms with E-state index in [2.05, 4.69) is 58.8 Å². The third-order valence-corrected chi connectivity index (χ3v) is 4.98. The number of benzene rings is 2. The average Bonchev–Trinajstić information content (AvgIpc) is 2.94. The van der Waals surface area contributed by atoms with E-state index in [1.54, 1.807) is 0 Å². The number of rotatable bonds is 4. The van der Waals surface area contributed by atoms with E-state index in [9.17, 15) is 0 Å². The van der Waals surface area contributed by atoms with Gasteiger partial charge in [-0.15, -0.1) is 5.10 Å². The quantitative estimate of drug-likeness (QED) is 0.810. The van der Waals surface area contributed by atoms with Gasteiger partial charge in [-0.2, -0.15) is 16.0 Å². The van der Waals surface area contributed by atoms with Crippen LogP contribution >= 0.6 is 10.9 Å². The molecule has 0 fully saturated rings. The van der Waals surface area contributed by atoms with Crippen molar-refractivity contribution >= 4 is 27.6 Å². The van der Waals surface area contributed by atoms with E-state index < -0.39 is 10.9 Å². The second kappa shape index (κ2) is 6.35. The summed E-state index contributed by atoms with van der Waals surface area (Å²) in [7, 11) is -0.410. The molecular formula is C17H16N2S. The first-order valence-electron chi connectivity index (χ1n) is 6.57. The van der Waals surface area contributed by atoms with Gasteiger partial charge < -0.3 is 0 Å². The van der Waals surface area contributed by atoms with Gasteiger partial charge in [0.05, 0.1) is 5.55 Å². The van der Waals surface area contributed by atoms with Crippen LogP contribution in [0.25, 0.3) is 6.08 Å². The summed E-state index contributed by atoms with van der Waals surface area (Å²) < 4.78 is 0. The highest BCUT2D eigenvalue weighted by Crippen LogP contribution is 2.33. The Hall–Kier alpha value is -2.13. The average molecular weight is 280 g/mol. The van der Waals surface area contributed by atoms with Crippen LogP contribution in [0.3, 0.4) is 0 Å². The van der Waals surface area contributed by atoms with Crippen molar-refractivity contribution in [1.29, 1.82) is 0 Å². The van der Waals surface area contributed by atoms with E-state index in [-0.39, 0.29) is 0 Å². The van der Waals surface area contributed by atoms with Gasteiger partial charge in [0.15, 0.2) is 0 Å². The summed E-state index contributed by atoms with van der Waals surface area (Å²) in [5, 5.41) is 9.44. The van der Waals surface area contributed by atoms with Gasteiger partial charge >= 0.3 is 0 Å². The summed E-state index contributed by atoms with van der Waals surface area (Å²) in [6.07, 6.45) is 4.20. The number of hydrogen-bond acceptors (Lipinski definition) is 2. The van der Waals surface area contributed by atoms with Crippen molar-refractivity contribution in [1.82, 2.24) is 0 Å². The van der Waals surface area contributed by atoms with Crippen molar-refractivity contribution in [3.8, 4) is 0 Å². The Bertz CT molecular complexity index is 645. The topological polar surface area (TPSA) is 24.7 Å². The van der Waals surface area contributed by atoms with Crippen molar-refractivity contribution in [3.05, 3.63) is 77.9 Å². The first-order valence-corrected chi connectivity index (χ1v) is 8.16. The molecule has 3 rings (SSSR count). The Morgan fingerprint density at radius 3 is 2.30 bits per heavy atom. The van der Waals surface area contributed by atoms with Gasteiger partial charge in [-0.05, 0) is 17.2 Å². The lowest BCUT2D eigenvalue weighted by atomic mass is 10.2. The molecule has 0 aliphatic carbocycles. The zero-order valence-electron chi connectivity index (χ0n) is 11.1. The Balaban J connectivity index is 1.70. The predicted molar refractivity (Wildman–Crippen MR) is 90.5 cm³/mol. The van der Waals surface area contributed by atoms with Gasteiger partial charge in [-0.1, -0.05) is 66.7 Å². The monoisotopic (exact) mass is 280 g/mol. The van der Waals surface area contributed by atoms with Crippen LogP contribution in [0.2, 0.25) is 0 Å². The summed E-state index contributed by atoms with van der Waals surface area (Å²) >= 11 is 0. The number of nitrogens with zero attached hydrogens (tertiary/aromatic N) is 2. The minimum atomic E-state index is -0.410. The minimum Gasteiger partial charge on any atom is -0.165 e. The smallest absolute Gasteiger partial charge is 0.104 e. The van der Waals surface area contributed by atoms with Crippen LogP contribution in [0.15, 0.2) is 76.9 Å². The van der Waals surface area contributed by atoms with E-state index in [1.165, 1.54) is 11.1 Å². The molecule has 0 radical (unpaired) electrons. The molecule has 2 aromatic carbocycles. The van der Waals surface area contributed by atoms with E-state index in [0.29, 0.717) is 0 Å². The molecule has 1 heterocycles. The molecule has 100 valence electrons. The summed E-state index contributed by atoms with van der Waals surface area (Å²) in [6, 6.07) is 20.8. The first kappa shape index (κ1) is 12.9. The first-order chi connectivity index (χ1) is 9.92. The molecule has 0 saturated heterocycles. The van der Waals surface area contributed by atoms with Crippen molar-refractivity contribution in [2.45, 2.75) is 5.75 Å². The number of thiol groups is 1. The Morgan fingerprint density at radius 1 is 0.850 bits per heavy atom. The largest absolute Gasteiger partial charge is 0.165 e. The highest BCUT2D eigenvalue weighted by atomic mass is 32.2. The highest BCUT2D eigenvalue weighted by molar-refractivity contribution is 8.40. The second-order valence-electron chi connectivity index (χ2n) is 4.55. The molecule has 1 atom stereocenters. The molecule has 3 heteroatoms. The lowest BCUT2D eigenvalue weighted by molar-refractivity contribution is 1.28. The molecule has 0 bridgehead atoms. The molecule has 0 amide bonds. The van der Waals surface area contributed by atoms with E-state index in [4.69, 9.17) is 0 Å². The van der Waals surface area contributed by atoms with E-state index in [1.807, 2.05) is 29.8 Å². The molecule has 0 N–H and O–H groups in total. The summed E-state index contributed by atoms with van der Waals surface area (Å²) in [6.45, 7) is 0. The molecule has 0 aromatic heterocycles. The summed E-state index contributed by atoms with van der Waals surface area (Å²) in [5.74, 6) is 1.01. The molecule has 0 spiro atoms. The standard InChI is InChI=1S/C17H16N2S/c1-3-7-15(8-4-1)11-12-17-19-18-14-20(17)13-16-9-5-2-6-10-16/h1-12,14,20H,13H2/b12-11+. The molecule has 1 aliphatic heterocycles. The SMILES string of the molecule is C1=NN=C(/C=C/c2ccccc2)[SH]1Cc1ccccc1. The van der Waals surface area contributed by atoms with Gasteiger partial charge in [0.25, 0.3) is 0 Å². The van der Waals surface area contributed by atoms with Crippen LogP contribution < -0.4 is 0 Å². The van der Waals surface area contributed by atoms with Crippen LogP contribution in [0.1, 0.15) is 11.1 Å². The highest BCUT2D eigenvalue weighted by Gasteiger charge is 2.12. The zero-order chi connectivity index (χ0) is 13.6. The normalized spacial score (nSPS) is 19.4. The zero-order valence-corrected chi connectivity index (χ0v) is 11.9. The number of hydrogen-bond donors (Lipinski definition) is 1. The van der Waals surface area contributed by atoms with Gasteiger partial charge in [0.1, 0.15) is 5.04 Å². The van der Waals surface area contributed by atoms with Gasteiger partial charge in [-0.25, -0.2) is 0 Å². The lowest BCUT2D eigenvalue weighted by Gasteiger charge is -2.11. The van der Waals surface area contributed by atoms with Crippen LogP contribution in [0.5, 0.6) is 0 Å². The van der Waals surface area contributed by atoms with E-state index in [0.717, 1.165) is 10.8 Å². The minimum absolute atomic E-state index is 0.410. The molecule has 1 unspecified atom stereocenters. The van der Waals surface area contributed by atoms with Crippen LogP contribution in [0.4, 0.5) is 0 Å². The molecule has 1 aliphatic rings. The van der Waals surface area contributed by atoms with Crippen LogP contribution in [-0.2, 0) is 5.75 Å². The van der Waals surface area contributed by atoms with Gasteiger partial charge in [0.2, 0.25) is 0 Å². The molecule has 2 aromatic rings. The fourth-order valence-corrected chi connectivity index (χ4v) is 3.60. The molecule has 2 nitrogen and oxygen atoms in total. The van der Waals surface area contributed by atoms with Crippen molar-refractivity contribution in [2.75, 3.05) is 0 Å². The van der Waals surface area contributed by atoms with E-state index >= 15 is 0 Å². The third kappa shape index (κ3) is 3.25. The van der Waals surface area contributed by atoms with Crippen molar-refractivity contribution < 1.29 is 0 Å². The van der Waals surface area contributed by atoms with Crippen molar-refractivity contribution in [2.24, 2.45) is 10.2 Å². The summed E-state index contributed by atoms with van der Waals surface area (Å²) in [4.78, 5) is 0. The fraction of sp³-hybridized carbons (Fsp3) is 0.0588. The Morgan fingerprint density at radius 2 is 1.55 bits per heavy atom. The lowest BCUT2D eigenvalue weighted by Crippen LogP contribution is -1.96. The van der Waals surface area contributed by atoms with Gasteiger partial charge in [0, 0.05) is 5.75 Å². The maximum Gasteiger partial charge on any atom is 0.104 e. The maximum atomic E-state index is 4.26. The third-order valence-electron chi connectivity index (χ3n) is 3.07. The Kier molecular flexibility index (Phi) is 4.09. The van der Waals surface area contributed by atoms with Crippen LogP contribution in [-0.4, -0.2) is 10.6 Å². The molecule has 0 saturated carbocycles. The molecular weight excluding hydrogens is 264 g/mol. The Labute approximate surface area is 121 Å². The maximum absolute atomic E-state index is 4.26. The van der Waals surface area contributed by atoms with Crippen LogP contribution in [0, 0.1) is 0 Å². The van der Waals surface area contributed by atoms with Gasteiger partial charge in [-0.3, -0.25) is 0 Å². The fourth-order valence-electron chi connectivity index (χ4n) is 2.03. The summed E-state index contributed by atoms with van der Waals surface area (Å²) in [5.41, 5.74) is 4.53.